The van der Waals surface area contributed by atoms with Crippen molar-refractivity contribution >= 4 is 16.7 Å². The van der Waals surface area contributed by atoms with Gasteiger partial charge in [-0.15, -0.1) is 0 Å². The molecule has 0 spiro atoms. The maximum atomic E-state index is 6.15. The fraction of sp³-hybridized carbons (Fsp3) is 0.500. The smallest absolute Gasteiger partial charge is 0.128 e. The molecule has 1 aliphatic carbocycles. The first kappa shape index (κ1) is 14.3. The number of nitrogen functional groups attached to an aromatic ring is 1. The van der Waals surface area contributed by atoms with Gasteiger partial charge in [-0.1, -0.05) is 25.1 Å². The Morgan fingerprint density at radius 3 is 2.67 bits per heavy atom. The van der Waals surface area contributed by atoms with Crippen molar-refractivity contribution in [2.75, 3.05) is 12.8 Å². The Labute approximate surface area is 127 Å². The molecule has 1 fully saturated rings. The molecule has 112 valence electrons. The van der Waals surface area contributed by atoms with Gasteiger partial charge in [0.25, 0.3) is 0 Å². The zero-order valence-electron chi connectivity index (χ0n) is 13.0. The summed E-state index contributed by atoms with van der Waals surface area (Å²) in [7, 11) is 2.22. The Morgan fingerprint density at radius 2 is 1.90 bits per heavy atom. The lowest BCUT2D eigenvalue weighted by atomic mass is 9.86. The molecule has 0 aliphatic heterocycles. The molecule has 0 radical (unpaired) electrons. The van der Waals surface area contributed by atoms with E-state index in [0.29, 0.717) is 11.9 Å². The van der Waals surface area contributed by atoms with Gasteiger partial charge in [0.15, 0.2) is 0 Å². The first-order valence-corrected chi connectivity index (χ1v) is 7.98. The molecule has 1 aromatic carbocycles. The van der Waals surface area contributed by atoms with Crippen molar-refractivity contribution in [2.24, 2.45) is 5.92 Å². The third-order valence-electron chi connectivity index (χ3n) is 4.86. The lowest BCUT2D eigenvalue weighted by molar-refractivity contribution is 0.164. The van der Waals surface area contributed by atoms with E-state index in [4.69, 9.17) is 5.73 Å². The number of anilines is 1. The van der Waals surface area contributed by atoms with Crippen molar-refractivity contribution in [3.05, 3.63) is 35.9 Å². The lowest BCUT2D eigenvalue weighted by Crippen LogP contribution is -2.34. The van der Waals surface area contributed by atoms with Gasteiger partial charge in [-0.3, -0.25) is 4.90 Å². The average Bonchev–Trinajstić information content (AvgIpc) is 2.48. The van der Waals surface area contributed by atoms with Crippen LogP contribution in [-0.2, 0) is 6.54 Å². The van der Waals surface area contributed by atoms with Gasteiger partial charge in [-0.05, 0) is 50.8 Å². The highest BCUT2D eigenvalue weighted by atomic mass is 15.1. The van der Waals surface area contributed by atoms with Crippen LogP contribution in [0.2, 0.25) is 0 Å². The molecule has 0 atom stereocenters. The summed E-state index contributed by atoms with van der Waals surface area (Å²) in [5.74, 6) is 1.56. The monoisotopic (exact) mass is 283 g/mol. The first-order valence-electron chi connectivity index (χ1n) is 7.98. The summed E-state index contributed by atoms with van der Waals surface area (Å²) in [6, 6.07) is 11.1. The second kappa shape index (κ2) is 6.02. The van der Waals surface area contributed by atoms with Crippen molar-refractivity contribution < 1.29 is 0 Å². The number of nitrogens with two attached hydrogens (primary N) is 1. The van der Waals surface area contributed by atoms with Gasteiger partial charge in [-0.25, -0.2) is 4.98 Å². The minimum atomic E-state index is 0.671. The van der Waals surface area contributed by atoms with Gasteiger partial charge in [-0.2, -0.15) is 0 Å². The van der Waals surface area contributed by atoms with E-state index in [-0.39, 0.29) is 0 Å². The van der Waals surface area contributed by atoms with Crippen LogP contribution in [0.5, 0.6) is 0 Å². The predicted molar refractivity (Wildman–Crippen MR) is 89.0 cm³/mol. The topological polar surface area (TPSA) is 42.2 Å². The lowest BCUT2D eigenvalue weighted by Gasteiger charge is -2.33. The Balaban J connectivity index is 1.76. The Morgan fingerprint density at radius 1 is 1.19 bits per heavy atom. The molecule has 1 heterocycles. The van der Waals surface area contributed by atoms with Gasteiger partial charge < -0.3 is 5.73 Å². The van der Waals surface area contributed by atoms with Crippen LogP contribution in [0.25, 0.3) is 10.9 Å². The third-order valence-corrected chi connectivity index (χ3v) is 4.86. The molecule has 2 N–H and O–H groups in total. The molecule has 1 aromatic heterocycles. The van der Waals surface area contributed by atoms with Crippen LogP contribution in [0.15, 0.2) is 30.3 Å². The van der Waals surface area contributed by atoms with Crippen LogP contribution in [0.4, 0.5) is 5.82 Å². The summed E-state index contributed by atoms with van der Waals surface area (Å²) in [6.07, 6.45) is 5.30. The summed E-state index contributed by atoms with van der Waals surface area (Å²) in [5.41, 5.74) is 8.28. The zero-order valence-corrected chi connectivity index (χ0v) is 13.0. The van der Waals surface area contributed by atoms with E-state index in [1.165, 1.54) is 31.1 Å². The molecular formula is C18H25N3. The number of hydrogen-bond donors (Lipinski definition) is 1. The second-order valence-electron chi connectivity index (χ2n) is 6.55. The van der Waals surface area contributed by atoms with Crippen LogP contribution in [0.3, 0.4) is 0 Å². The first-order chi connectivity index (χ1) is 10.1. The fourth-order valence-electron chi connectivity index (χ4n) is 3.38. The molecule has 3 nitrogen and oxygen atoms in total. The van der Waals surface area contributed by atoms with Gasteiger partial charge in [0, 0.05) is 23.5 Å². The van der Waals surface area contributed by atoms with E-state index < -0.39 is 0 Å². The summed E-state index contributed by atoms with van der Waals surface area (Å²) >= 11 is 0. The van der Waals surface area contributed by atoms with Gasteiger partial charge in [0.1, 0.15) is 5.82 Å². The molecule has 0 saturated heterocycles. The molecule has 3 rings (SSSR count). The molecule has 21 heavy (non-hydrogen) atoms. The predicted octanol–water partition coefficient (Wildman–Crippen LogP) is 3.83. The van der Waals surface area contributed by atoms with E-state index in [2.05, 4.69) is 42.1 Å². The molecule has 1 aliphatic rings. The van der Waals surface area contributed by atoms with Crippen LogP contribution >= 0.6 is 0 Å². The van der Waals surface area contributed by atoms with Crippen LogP contribution in [0.1, 0.15) is 38.2 Å². The van der Waals surface area contributed by atoms with Crippen LogP contribution < -0.4 is 5.73 Å². The number of aromatic nitrogens is 1. The van der Waals surface area contributed by atoms with Gasteiger partial charge in [0.2, 0.25) is 0 Å². The Bertz CT molecular complexity index is 615. The molecule has 3 heteroatoms. The normalized spacial score (nSPS) is 22.8. The zero-order chi connectivity index (χ0) is 14.8. The van der Waals surface area contributed by atoms with Crippen LogP contribution in [0, 0.1) is 5.92 Å². The number of hydrogen-bond acceptors (Lipinski definition) is 3. The third kappa shape index (κ3) is 3.18. The summed E-state index contributed by atoms with van der Waals surface area (Å²) in [6.45, 7) is 3.25. The quantitative estimate of drug-likeness (QED) is 0.931. The second-order valence-corrected chi connectivity index (χ2v) is 6.55. The Hall–Kier alpha value is -1.61. The highest BCUT2D eigenvalue weighted by Gasteiger charge is 2.22. The van der Waals surface area contributed by atoms with E-state index >= 15 is 0 Å². The summed E-state index contributed by atoms with van der Waals surface area (Å²) < 4.78 is 0. The van der Waals surface area contributed by atoms with E-state index in [0.717, 1.165) is 23.5 Å². The number of benzene rings is 1. The largest absolute Gasteiger partial charge is 0.383 e. The SMILES string of the molecule is CC1CCC(N(C)Cc2cc3ccccc3nc2N)CC1. The van der Waals surface area contributed by atoms with E-state index in [9.17, 15) is 0 Å². The average molecular weight is 283 g/mol. The highest BCUT2D eigenvalue weighted by Crippen LogP contribution is 2.28. The number of rotatable bonds is 3. The summed E-state index contributed by atoms with van der Waals surface area (Å²) in [4.78, 5) is 6.99. The van der Waals surface area contributed by atoms with Crippen molar-refractivity contribution in [1.29, 1.82) is 0 Å². The standard InChI is InChI=1S/C18H25N3/c1-13-7-9-16(10-8-13)21(2)12-15-11-14-5-3-4-6-17(14)20-18(15)19/h3-6,11,13,16H,7-10,12H2,1-2H3,(H2,19,20). The fourth-order valence-corrected chi connectivity index (χ4v) is 3.38. The van der Waals surface area contributed by atoms with Crippen molar-refractivity contribution in [3.8, 4) is 0 Å². The number of para-hydroxylation sites is 1. The number of pyridine rings is 1. The minimum absolute atomic E-state index is 0.671. The van der Waals surface area contributed by atoms with E-state index in [1.807, 2.05) is 12.1 Å². The van der Waals surface area contributed by atoms with E-state index in [1.54, 1.807) is 0 Å². The van der Waals surface area contributed by atoms with Crippen molar-refractivity contribution in [1.82, 2.24) is 9.88 Å². The molecule has 1 saturated carbocycles. The number of nitrogens with zero attached hydrogens (tertiary/aromatic N) is 2. The Kier molecular flexibility index (Phi) is 4.11. The molecular weight excluding hydrogens is 258 g/mol. The summed E-state index contributed by atoms with van der Waals surface area (Å²) in [5, 5.41) is 1.17. The maximum Gasteiger partial charge on any atom is 0.128 e. The molecule has 0 amide bonds. The van der Waals surface area contributed by atoms with Crippen molar-refractivity contribution in [3.63, 3.8) is 0 Å². The van der Waals surface area contributed by atoms with Crippen LogP contribution in [-0.4, -0.2) is 23.0 Å². The van der Waals surface area contributed by atoms with Gasteiger partial charge >= 0.3 is 0 Å². The number of fused-ring (bicyclic) bond motifs is 1. The molecule has 0 unspecified atom stereocenters. The maximum absolute atomic E-state index is 6.15. The van der Waals surface area contributed by atoms with Gasteiger partial charge in [0.05, 0.1) is 5.52 Å². The highest BCUT2D eigenvalue weighted by molar-refractivity contribution is 5.81. The molecule has 2 aromatic rings. The van der Waals surface area contributed by atoms with Crippen molar-refractivity contribution in [2.45, 2.75) is 45.2 Å². The minimum Gasteiger partial charge on any atom is -0.383 e. The molecule has 0 bridgehead atoms.